The van der Waals surface area contributed by atoms with Gasteiger partial charge in [-0.15, -0.1) is 0 Å². The third-order valence-electron chi connectivity index (χ3n) is 5.13. The van der Waals surface area contributed by atoms with Crippen molar-refractivity contribution in [1.82, 2.24) is 15.1 Å². The van der Waals surface area contributed by atoms with E-state index in [2.05, 4.69) is 32.6 Å². The van der Waals surface area contributed by atoms with Gasteiger partial charge in [0.1, 0.15) is 13.2 Å². The number of fused-ring (bicyclic) bond motifs is 1. The van der Waals surface area contributed by atoms with Crippen molar-refractivity contribution < 1.29 is 19.1 Å². The van der Waals surface area contributed by atoms with Gasteiger partial charge in [0, 0.05) is 44.5 Å². The molecule has 0 aromatic heterocycles. The van der Waals surface area contributed by atoms with Gasteiger partial charge < -0.3 is 14.8 Å². The van der Waals surface area contributed by atoms with E-state index in [-0.39, 0.29) is 12.5 Å². The number of urea groups is 1. The zero-order chi connectivity index (χ0) is 20.8. The summed E-state index contributed by atoms with van der Waals surface area (Å²) < 4.78 is 11.0. The average Bonchev–Trinajstić information content (AvgIpc) is 2.75. The monoisotopic (exact) mass is 410 g/mol. The van der Waals surface area contributed by atoms with Crippen molar-refractivity contribution in [3.8, 4) is 11.5 Å². The number of nitrogens with zero attached hydrogens (tertiary/aromatic N) is 2. The molecule has 0 aliphatic carbocycles. The minimum Gasteiger partial charge on any atom is -0.486 e. The van der Waals surface area contributed by atoms with Gasteiger partial charge in [-0.05, 0) is 17.7 Å². The maximum Gasteiger partial charge on any atom is 0.325 e. The van der Waals surface area contributed by atoms with Crippen molar-refractivity contribution in [3.05, 3.63) is 54.1 Å². The Bertz CT molecular complexity index is 882. The number of rotatable bonds is 5. The first-order valence-electron chi connectivity index (χ1n) is 10.1. The van der Waals surface area contributed by atoms with Crippen molar-refractivity contribution in [3.63, 3.8) is 0 Å². The van der Waals surface area contributed by atoms with E-state index in [0.717, 1.165) is 32.7 Å². The summed E-state index contributed by atoms with van der Waals surface area (Å²) in [5.74, 6) is 0.912. The predicted octanol–water partition coefficient (Wildman–Crippen LogP) is 1.92. The van der Waals surface area contributed by atoms with Crippen LogP contribution in [0.2, 0.25) is 0 Å². The van der Waals surface area contributed by atoms with Crippen LogP contribution in [0.15, 0.2) is 48.5 Å². The maximum atomic E-state index is 12.2. The Morgan fingerprint density at radius 3 is 2.33 bits per heavy atom. The van der Waals surface area contributed by atoms with Crippen LogP contribution in [0.1, 0.15) is 5.56 Å². The molecular formula is C22H26N4O4. The lowest BCUT2D eigenvalue weighted by atomic mass is 10.2. The molecule has 158 valence electrons. The molecule has 8 heteroatoms. The molecule has 2 heterocycles. The lowest BCUT2D eigenvalue weighted by Gasteiger charge is -2.34. The molecule has 1 fully saturated rings. The Morgan fingerprint density at radius 2 is 1.57 bits per heavy atom. The number of amides is 3. The molecule has 2 N–H and O–H groups in total. The normalized spacial score (nSPS) is 16.7. The summed E-state index contributed by atoms with van der Waals surface area (Å²) in [4.78, 5) is 28.8. The van der Waals surface area contributed by atoms with E-state index < -0.39 is 6.03 Å². The summed E-state index contributed by atoms with van der Waals surface area (Å²) in [5.41, 5.74) is 1.83. The molecular weight excluding hydrogens is 384 g/mol. The molecule has 0 saturated carbocycles. The van der Waals surface area contributed by atoms with E-state index in [0.29, 0.717) is 30.4 Å². The van der Waals surface area contributed by atoms with E-state index in [4.69, 9.17) is 9.47 Å². The van der Waals surface area contributed by atoms with Crippen molar-refractivity contribution in [2.75, 3.05) is 51.3 Å². The number of carbonyl (C=O) groups is 2. The van der Waals surface area contributed by atoms with Crippen molar-refractivity contribution in [2.45, 2.75) is 6.54 Å². The first-order chi connectivity index (χ1) is 14.7. The topological polar surface area (TPSA) is 83.1 Å². The third kappa shape index (κ3) is 5.49. The first kappa shape index (κ1) is 20.2. The van der Waals surface area contributed by atoms with Crippen LogP contribution in [-0.4, -0.2) is 67.7 Å². The second-order valence-corrected chi connectivity index (χ2v) is 7.40. The highest BCUT2D eigenvalue weighted by atomic mass is 16.6. The van der Waals surface area contributed by atoms with Gasteiger partial charge >= 0.3 is 6.03 Å². The largest absolute Gasteiger partial charge is 0.486 e. The van der Waals surface area contributed by atoms with Gasteiger partial charge in [-0.3, -0.25) is 19.9 Å². The number of nitrogens with one attached hydrogen (secondary N) is 2. The third-order valence-corrected chi connectivity index (χ3v) is 5.13. The second-order valence-electron chi connectivity index (χ2n) is 7.40. The fourth-order valence-electron chi connectivity index (χ4n) is 3.60. The Morgan fingerprint density at radius 1 is 0.867 bits per heavy atom. The maximum absolute atomic E-state index is 12.2. The predicted molar refractivity (Wildman–Crippen MR) is 113 cm³/mol. The molecule has 0 atom stereocenters. The first-order valence-corrected chi connectivity index (χ1v) is 10.1. The Kier molecular flexibility index (Phi) is 6.46. The minimum atomic E-state index is -0.556. The quantitative estimate of drug-likeness (QED) is 0.784. The highest BCUT2D eigenvalue weighted by Crippen LogP contribution is 2.32. The van der Waals surface area contributed by atoms with Crippen LogP contribution >= 0.6 is 0 Å². The summed E-state index contributed by atoms with van der Waals surface area (Å²) >= 11 is 0. The zero-order valence-electron chi connectivity index (χ0n) is 16.8. The van der Waals surface area contributed by atoms with E-state index in [1.54, 1.807) is 18.2 Å². The van der Waals surface area contributed by atoms with Crippen LogP contribution in [0.3, 0.4) is 0 Å². The van der Waals surface area contributed by atoms with Gasteiger partial charge in [0.05, 0.1) is 6.54 Å². The fourth-order valence-corrected chi connectivity index (χ4v) is 3.60. The number of benzene rings is 2. The fraction of sp³-hybridized carbons (Fsp3) is 0.364. The van der Waals surface area contributed by atoms with Crippen LogP contribution in [0.5, 0.6) is 11.5 Å². The Labute approximate surface area is 175 Å². The molecule has 8 nitrogen and oxygen atoms in total. The van der Waals surface area contributed by atoms with Crippen LogP contribution in [0.25, 0.3) is 0 Å². The SMILES string of the molecule is O=C(CN1CCN(Cc2ccccc2)CC1)NC(=O)Nc1ccc2c(c1)OCCO2. The lowest BCUT2D eigenvalue weighted by Crippen LogP contribution is -2.50. The number of ether oxygens (including phenoxy) is 2. The van der Waals surface area contributed by atoms with Gasteiger partial charge in [0.25, 0.3) is 0 Å². The number of imide groups is 1. The van der Waals surface area contributed by atoms with Gasteiger partial charge in [-0.25, -0.2) is 4.79 Å². The summed E-state index contributed by atoms with van der Waals surface area (Å²) in [6, 6.07) is 14.9. The van der Waals surface area contributed by atoms with Gasteiger partial charge in [0.15, 0.2) is 11.5 Å². The van der Waals surface area contributed by atoms with Gasteiger partial charge in [-0.1, -0.05) is 30.3 Å². The van der Waals surface area contributed by atoms with E-state index in [1.807, 2.05) is 18.2 Å². The number of anilines is 1. The molecule has 4 rings (SSSR count). The second kappa shape index (κ2) is 9.60. The average molecular weight is 410 g/mol. The van der Waals surface area contributed by atoms with Gasteiger partial charge in [-0.2, -0.15) is 0 Å². The van der Waals surface area contributed by atoms with E-state index >= 15 is 0 Å². The summed E-state index contributed by atoms with van der Waals surface area (Å²) in [7, 11) is 0. The molecule has 0 spiro atoms. The minimum absolute atomic E-state index is 0.202. The van der Waals surface area contributed by atoms with Gasteiger partial charge in [0.2, 0.25) is 5.91 Å². The lowest BCUT2D eigenvalue weighted by molar-refractivity contribution is -0.121. The molecule has 2 aliphatic rings. The standard InChI is InChI=1S/C22H26N4O4/c27-21(16-26-10-8-25(9-11-26)15-17-4-2-1-3-5-17)24-22(28)23-18-6-7-19-20(14-18)30-13-12-29-19/h1-7,14H,8-13,15-16H2,(H2,23,24,27,28). The summed E-state index contributed by atoms with van der Waals surface area (Å²) in [5, 5.41) is 5.05. The van der Waals surface area contributed by atoms with Crippen molar-refractivity contribution in [2.24, 2.45) is 0 Å². The zero-order valence-corrected chi connectivity index (χ0v) is 16.8. The molecule has 0 radical (unpaired) electrons. The molecule has 0 bridgehead atoms. The van der Waals surface area contributed by atoms with E-state index in [9.17, 15) is 9.59 Å². The molecule has 1 saturated heterocycles. The Balaban J connectivity index is 1.19. The molecule has 0 unspecified atom stereocenters. The van der Waals surface area contributed by atoms with Crippen molar-refractivity contribution >= 4 is 17.6 Å². The summed E-state index contributed by atoms with van der Waals surface area (Å²) in [6.45, 7) is 5.48. The number of piperazine rings is 1. The number of carbonyl (C=O) groups excluding carboxylic acids is 2. The molecule has 2 aromatic rings. The summed E-state index contributed by atoms with van der Waals surface area (Å²) in [6.07, 6.45) is 0. The number of hydrogen-bond acceptors (Lipinski definition) is 6. The highest BCUT2D eigenvalue weighted by molar-refractivity contribution is 6.01. The highest BCUT2D eigenvalue weighted by Gasteiger charge is 2.20. The molecule has 2 aliphatic heterocycles. The molecule has 30 heavy (non-hydrogen) atoms. The van der Waals surface area contributed by atoms with Crippen LogP contribution in [-0.2, 0) is 11.3 Å². The number of hydrogen-bond donors (Lipinski definition) is 2. The molecule has 3 amide bonds. The van der Waals surface area contributed by atoms with Crippen LogP contribution in [0, 0.1) is 0 Å². The Hall–Kier alpha value is -3.10. The van der Waals surface area contributed by atoms with Crippen LogP contribution in [0.4, 0.5) is 10.5 Å². The smallest absolute Gasteiger partial charge is 0.325 e. The van der Waals surface area contributed by atoms with E-state index in [1.165, 1.54) is 5.56 Å². The molecule has 2 aromatic carbocycles. The van der Waals surface area contributed by atoms with Crippen LogP contribution < -0.4 is 20.1 Å². The van der Waals surface area contributed by atoms with Crippen molar-refractivity contribution in [1.29, 1.82) is 0 Å².